The molecule has 2 atom stereocenters. The number of carbonyl (C=O) groups excluding carboxylic acids is 1. The Bertz CT molecular complexity index is 532. The van der Waals surface area contributed by atoms with Crippen LogP contribution in [0, 0.1) is 0 Å². The topological polar surface area (TPSA) is 69.7 Å². The van der Waals surface area contributed by atoms with Gasteiger partial charge in [-0.25, -0.2) is 13.2 Å². The van der Waals surface area contributed by atoms with Gasteiger partial charge in [-0.05, 0) is 12.8 Å². The second-order valence-corrected chi connectivity index (χ2v) is 7.91. The van der Waals surface area contributed by atoms with E-state index in [-0.39, 0.29) is 0 Å². The molecule has 0 radical (unpaired) electrons. The molecule has 2 unspecified atom stereocenters. The first-order valence-corrected chi connectivity index (χ1v) is 8.29. The lowest BCUT2D eigenvalue weighted by Crippen LogP contribution is -2.45. The summed E-state index contributed by atoms with van der Waals surface area (Å²) in [5.74, 6) is -3.23. The van der Waals surface area contributed by atoms with Crippen molar-refractivity contribution in [2.45, 2.75) is 41.9 Å². The molecule has 0 heterocycles. The average Bonchev–Trinajstić information content (AvgIpc) is 2.42. The van der Waals surface area contributed by atoms with Gasteiger partial charge >= 0.3 is 18.3 Å². The van der Waals surface area contributed by atoms with E-state index in [0.29, 0.717) is 14.2 Å². The SMILES string of the molecule is COC(=O)C(Cl)(CCC(OC)C(F)(F)F)S(=O)(=O)CCC(F)(F)F. The van der Waals surface area contributed by atoms with E-state index >= 15 is 0 Å². The lowest BCUT2D eigenvalue weighted by Gasteiger charge is -2.27. The third kappa shape index (κ3) is 6.28. The number of rotatable bonds is 8. The van der Waals surface area contributed by atoms with Crippen LogP contribution in [0.1, 0.15) is 19.3 Å². The molecule has 0 aromatic carbocycles. The van der Waals surface area contributed by atoms with Gasteiger partial charge in [0.15, 0.2) is 15.9 Å². The van der Waals surface area contributed by atoms with Gasteiger partial charge in [0.25, 0.3) is 0 Å². The molecule has 0 aliphatic heterocycles. The maximum Gasteiger partial charge on any atom is 0.414 e. The number of carbonyl (C=O) groups is 1. The van der Waals surface area contributed by atoms with Crippen molar-refractivity contribution in [3.05, 3.63) is 0 Å². The molecule has 0 bridgehead atoms. The maximum atomic E-state index is 12.6. The van der Waals surface area contributed by atoms with E-state index in [1.165, 1.54) is 0 Å². The van der Waals surface area contributed by atoms with Crippen LogP contribution in [0.4, 0.5) is 26.3 Å². The molecule has 0 aliphatic rings. The van der Waals surface area contributed by atoms with Gasteiger partial charge in [0.2, 0.25) is 4.21 Å². The number of methoxy groups -OCH3 is 2. The van der Waals surface area contributed by atoms with Crippen LogP contribution in [-0.4, -0.2) is 57.0 Å². The molecule has 0 aromatic rings. The number of halogens is 7. The molecule has 0 amide bonds. The first kappa shape index (κ1) is 23.2. The Balaban J connectivity index is 5.46. The lowest BCUT2D eigenvalue weighted by molar-refractivity contribution is -0.214. The number of sulfone groups is 1. The molecule has 0 rings (SSSR count). The molecule has 0 spiro atoms. The Morgan fingerprint density at radius 2 is 1.58 bits per heavy atom. The average molecular weight is 409 g/mol. The molecule has 24 heavy (non-hydrogen) atoms. The summed E-state index contributed by atoms with van der Waals surface area (Å²) in [7, 11) is -3.56. The van der Waals surface area contributed by atoms with Gasteiger partial charge in [-0.2, -0.15) is 26.3 Å². The minimum Gasteiger partial charge on any atom is -0.467 e. The first-order chi connectivity index (χ1) is 10.6. The van der Waals surface area contributed by atoms with E-state index in [0.717, 1.165) is 0 Å². The minimum absolute atomic E-state index is 0.699. The first-order valence-electron chi connectivity index (χ1n) is 6.26. The van der Waals surface area contributed by atoms with Crippen molar-refractivity contribution in [3.8, 4) is 0 Å². The molecule has 144 valence electrons. The number of alkyl halides is 7. The van der Waals surface area contributed by atoms with Crippen LogP contribution in [0.3, 0.4) is 0 Å². The van der Waals surface area contributed by atoms with Crippen molar-refractivity contribution in [2.24, 2.45) is 0 Å². The molecule has 0 aromatic heterocycles. The lowest BCUT2D eigenvalue weighted by atomic mass is 10.1. The monoisotopic (exact) mass is 408 g/mol. The molecule has 13 heteroatoms. The third-order valence-electron chi connectivity index (χ3n) is 3.02. The van der Waals surface area contributed by atoms with Gasteiger partial charge in [0.05, 0.1) is 19.3 Å². The highest BCUT2D eigenvalue weighted by molar-refractivity contribution is 7.95. The molecular weight excluding hydrogens is 394 g/mol. The Morgan fingerprint density at radius 1 is 1.08 bits per heavy atom. The summed E-state index contributed by atoms with van der Waals surface area (Å²) in [4.78, 5) is 11.6. The van der Waals surface area contributed by atoms with Crippen molar-refractivity contribution in [3.63, 3.8) is 0 Å². The second-order valence-electron chi connectivity index (χ2n) is 4.71. The fourth-order valence-electron chi connectivity index (χ4n) is 1.68. The molecule has 0 aliphatic carbocycles. The number of hydrogen-bond acceptors (Lipinski definition) is 5. The third-order valence-corrected chi connectivity index (χ3v) is 6.16. The minimum atomic E-state index is -4.97. The van der Waals surface area contributed by atoms with E-state index in [1.807, 2.05) is 0 Å². The summed E-state index contributed by atoms with van der Waals surface area (Å²) < 4.78 is 104. The summed E-state index contributed by atoms with van der Waals surface area (Å²) in [6.45, 7) is 0. The van der Waals surface area contributed by atoms with Gasteiger partial charge in [0, 0.05) is 7.11 Å². The normalized spacial score (nSPS) is 17.2. The summed E-state index contributed by atoms with van der Waals surface area (Å²) >= 11 is 5.61. The van der Waals surface area contributed by atoms with Crippen molar-refractivity contribution < 1.29 is 49.0 Å². The van der Waals surface area contributed by atoms with Crippen LogP contribution >= 0.6 is 11.6 Å². The molecule has 5 nitrogen and oxygen atoms in total. The van der Waals surface area contributed by atoms with Gasteiger partial charge < -0.3 is 9.47 Å². The van der Waals surface area contributed by atoms with Crippen LogP contribution in [0.2, 0.25) is 0 Å². The van der Waals surface area contributed by atoms with Crippen molar-refractivity contribution >= 4 is 27.4 Å². The predicted molar refractivity (Wildman–Crippen MR) is 71.1 cm³/mol. The van der Waals surface area contributed by atoms with Crippen LogP contribution < -0.4 is 0 Å². The maximum absolute atomic E-state index is 12.6. The standard InChI is InChI=1S/C11H15ClF6O5S/c1-22-7(11(16,17)18)3-4-9(12,8(19)23-2)24(20,21)6-5-10(13,14)15/h7H,3-6H2,1-2H3. The number of ether oxygens (including phenoxy) is 2. The Hall–Kier alpha value is -0.750. The molecular formula is C11H15ClF6O5S. The highest BCUT2D eigenvalue weighted by Gasteiger charge is 2.52. The van der Waals surface area contributed by atoms with E-state index in [9.17, 15) is 39.6 Å². The zero-order chi connectivity index (χ0) is 19.4. The molecule has 0 N–H and O–H groups in total. The summed E-state index contributed by atoms with van der Waals surface area (Å²) in [5, 5.41) is 0. The van der Waals surface area contributed by atoms with Crippen LogP contribution in [0.15, 0.2) is 0 Å². The van der Waals surface area contributed by atoms with Gasteiger partial charge in [0.1, 0.15) is 0 Å². The van der Waals surface area contributed by atoms with Crippen molar-refractivity contribution in [1.82, 2.24) is 0 Å². The zero-order valence-electron chi connectivity index (χ0n) is 12.5. The number of esters is 1. The summed E-state index contributed by atoms with van der Waals surface area (Å²) in [6, 6.07) is 0. The van der Waals surface area contributed by atoms with Crippen LogP contribution in [-0.2, 0) is 24.1 Å². The molecule has 0 saturated heterocycles. The van der Waals surface area contributed by atoms with Crippen LogP contribution in [0.25, 0.3) is 0 Å². The smallest absolute Gasteiger partial charge is 0.414 e. The van der Waals surface area contributed by atoms with Gasteiger partial charge in [-0.1, -0.05) is 11.6 Å². The zero-order valence-corrected chi connectivity index (χ0v) is 14.1. The number of hydrogen-bond donors (Lipinski definition) is 0. The van der Waals surface area contributed by atoms with E-state index in [1.54, 1.807) is 0 Å². The van der Waals surface area contributed by atoms with Gasteiger partial charge in [-0.3, -0.25) is 0 Å². The fourth-order valence-corrected chi connectivity index (χ4v) is 3.69. The van der Waals surface area contributed by atoms with E-state index < -0.39 is 63.5 Å². The highest BCUT2D eigenvalue weighted by atomic mass is 35.5. The van der Waals surface area contributed by atoms with Gasteiger partial charge in [-0.15, -0.1) is 0 Å². The predicted octanol–water partition coefficient (Wildman–Crippen LogP) is 2.82. The Labute approximate surface area is 139 Å². The quantitative estimate of drug-likeness (QED) is 0.351. The fraction of sp³-hybridized carbons (Fsp3) is 0.909. The second kappa shape index (κ2) is 8.09. The Kier molecular flexibility index (Phi) is 7.83. The highest BCUT2D eigenvalue weighted by Crippen LogP contribution is 2.36. The summed E-state index contributed by atoms with van der Waals surface area (Å²) in [6.07, 6.45) is -16.2. The summed E-state index contributed by atoms with van der Waals surface area (Å²) in [5.41, 5.74) is 0. The molecule has 0 saturated carbocycles. The Morgan fingerprint density at radius 3 is 1.92 bits per heavy atom. The molecule has 0 fully saturated rings. The van der Waals surface area contributed by atoms with E-state index in [2.05, 4.69) is 9.47 Å². The largest absolute Gasteiger partial charge is 0.467 e. The van der Waals surface area contributed by atoms with Crippen molar-refractivity contribution in [1.29, 1.82) is 0 Å². The van der Waals surface area contributed by atoms with Crippen LogP contribution in [0.5, 0.6) is 0 Å². The van der Waals surface area contributed by atoms with Crippen molar-refractivity contribution in [2.75, 3.05) is 20.0 Å². The van der Waals surface area contributed by atoms with E-state index in [4.69, 9.17) is 11.6 Å².